The highest BCUT2D eigenvalue weighted by Crippen LogP contribution is 2.29. The molecule has 0 saturated carbocycles. The summed E-state index contributed by atoms with van der Waals surface area (Å²) in [6, 6.07) is 6.82. The number of likely N-dealkylation sites (N-methyl/N-ethyl adjacent to an activating group) is 1. The summed E-state index contributed by atoms with van der Waals surface area (Å²) in [6.07, 6.45) is 0.854. The molecule has 4 heteroatoms. The van der Waals surface area contributed by atoms with E-state index in [-0.39, 0.29) is 17.4 Å². The Kier molecular flexibility index (Phi) is 5.91. The molecule has 2 N–H and O–H groups in total. The standard InChI is InChI=1S/C15H25FN2O/c1-5-15(10-17,11-19-4)18(3)12(2)13-8-6-7-9-14(13)16/h6-9,12H,5,10-11,17H2,1-4H3. The Hall–Kier alpha value is -0.970. The third kappa shape index (κ3) is 3.32. The predicted octanol–water partition coefficient (Wildman–Crippen LogP) is 2.57. The van der Waals surface area contributed by atoms with Gasteiger partial charge < -0.3 is 10.5 Å². The van der Waals surface area contributed by atoms with Gasteiger partial charge in [-0.25, -0.2) is 4.39 Å². The number of nitrogens with two attached hydrogens (primary N) is 1. The van der Waals surface area contributed by atoms with Gasteiger partial charge in [-0.1, -0.05) is 25.1 Å². The molecule has 2 unspecified atom stereocenters. The maximum Gasteiger partial charge on any atom is 0.127 e. The number of methoxy groups -OCH3 is 1. The van der Waals surface area contributed by atoms with Crippen LogP contribution in [-0.2, 0) is 4.74 Å². The number of halogens is 1. The van der Waals surface area contributed by atoms with Crippen LogP contribution < -0.4 is 5.73 Å². The van der Waals surface area contributed by atoms with Crippen molar-refractivity contribution >= 4 is 0 Å². The zero-order chi connectivity index (χ0) is 14.5. The Morgan fingerprint density at radius 1 is 1.42 bits per heavy atom. The fraction of sp³-hybridized carbons (Fsp3) is 0.600. The molecule has 108 valence electrons. The fourth-order valence-corrected chi connectivity index (χ4v) is 2.50. The zero-order valence-corrected chi connectivity index (χ0v) is 12.3. The van der Waals surface area contributed by atoms with Crippen molar-refractivity contribution in [3.8, 4) is 0 Å². The average Bonchev–Trinajstić information content (AvgIpc) is 2.44. The molecular formula is C15H25FN2O. The van der Waals surface area contributed by atoms with Gasteiger partial charge in [0.2, 0.25) is 0 Å². The topological polar surface area (TPSA) is 38.5 Å². The summed E-state index contributed by atoms with van der Waals surface area (Å²) < 4.78 is 19.2. The molecule has 1 aromatic rings. The smallest absolute Gasteiger partial charge is 0.127 e. The van der Waals surface area contributed by atoms with Gasteiger partial charge in [-0.2, -0.15) is 0 Å². The van der Waals surface area contributed by atoms with E-state index in [0.717, 1.165) is 6.42 Å². The first kappa shape index (κ1) is 16.1. The predicted molar refractivity (Wildman–Crippen MR) is 76.5 cm³/mol. The zero-order valence-electron chi connectivity index (χ0n) is 12.3. The van der Waals surface area contributed by atoms with Crippen LogP contribution in [0.25, 0.3) is 0 Å². The highest BCUT2D eigenvalue weighted by Gasteiger charge is 2.35. The molecule has 3 nitrogen and oxygen atoms in total. The lowest BCUT2D eigenvalue weighted by Crippen LogP contribution is -2.55. The first-order valence-electron chi connectivity index (χ1n) is 6.68. The van der Waals surface area contributed by atoms with E-state index in [9.17, 15) is 4.39 Å². The van der Waals surface area contributed by atoms with Crippen LogP contribution >= 0.6 is 0 Å². The largest absolute Gasteiger partial charge is 0.383 e. The van der Waals surface area contributed by atoms with Crippen molar-refractivity contribution in [1.82, 2.24) is 4.90 Å². The number of hydrogen-bond acceptors (Lipinski definition) is 3. The van der Waals surface area contributed by atoms with Gasteiger partial charge in [0.05, 0.1) is 12.1 Å². The molecule has 0 amide bonds. The van der Waals surface area contributed by atoms with E-state index in [0.29, 0.717) is 18.7 Å². The number of ether oxygens (including phenoxy) is 1. The Morgan fingerprint density at radius 3 is 2.53 bits per heavy atom. The normalized spacial score (nSPS) is 16.4. The molecular weight excluding hydrogens is 243 g/mol. The number of benzene rings is 1. The fourth-order valence-electron chi connectivity index (χ4n) is 2.50. The summed E-state index contributed by atoms with van der Waals surface area (Å²) in [5, 5.41) is 0. The second kappa shape index (κ2) is 6.98. The Balaban J connectivity index is 3.03. The van der Waals surface area contributed by atoms with E-state index in [1.807, 2.05) is 26.1 Å². The van der Waals surface area contributed by atoms with E-state index in [2.05, 4.69) is 11.8 Å². The molecule has 0 bridgehead atoms. The summed E-state index contributed by atoms with van der Waals surface area (Å²) in [5.41, 5.74) is 6.36. The second-order valence-corrected chi connectivity index (χ2v) is 5.02. The molecule has 0 spiro atoms. The van der Waals surface area contributed by atoms with Crippen molar-refractivity contribution < 1.29 is 9.13 Å². The molecule has 0 aliphatic carbocycles. The quantitative estimate of drug-likeness (QED) is 0.826. The van der Waals surface area contributed by atoms with Gasteiger partial charge in [-0.15, -0.1) is 0 Å². The van der Waals surface area contributed by atoms with Crippen molar-refractivity contribution in [2.24, 2.45) is 5.73 Å². The van der Waals surface area contributed by atoms with Crippen molar-refractivity contribution in [2.45, 2.75) is 31.8 Å². The monoisotopic (exact) mass is 268 g/mol. The highest BCUT2D eigenvalue weighted by atomic mass is 19.1. The Bertz CT molecular complexity index is 393. The van der Waals surface area contributed by atoms with E-state index in [1.165, 1.54) is 6.07 Å². The minimum atomic E-state index is -0.267. The summed E-state index contributed by atoms with van der Waals surface area (Å²) in [7, 11) is 3.65. The molecule has 0 aromatic heterocycles. The third-order valence-corrected chi connectivity index (χ3v) is 4.14. The molecule has 0 fully saturated rings. The van der Waals surface area contributed by atoms with Gasteiger partial charge in [0.1, 0.15) is 5.82 Å². The summed E-state index contributed by atoms with van der Waals surface area (Å²) in [6.45, 7) is 5.09. The number of hydrogen-bond donors (Lipinski definition) is 1. The van der Waals surface area contributed by atoms with E-state index in [4.69, 9.17) is 10.5 Å². The van der Waals surface area contributed by atoms with Crippen LogP contribution in [0.3, 0.4) is 0 Å². The third-order valence-electron chi connectivity index (χ3n) is 4.14. The summed E-state index contributed by atoms with van der Waals surface area (Å²) in [4.78, 5) is 2.12. The first-order chi connectivity index (χ1) is 9.02. The SMILES string of the molecule is CCC(CN)(COC)N(C)C(C)c1ccccc1F. The average molecular weight is 268 g/mol. The van der Waals surface area contributed by atoms with Gasteiger partial charge in [-0.3, -0.25) is 4.90 Å². The molecule has 0 heterocycles. The lowest BCUT2D eigenvalue weighted by Gasteiger charge is -2.43. The van der Waals surface area contributed by atoms with E-state index >= 15 is 0 Å². The number of nitrogens with zero attached hydrogens (tertiary/aromatic N) is 1. The van der Waals surface area contributed by atoms with Crippen molar-refractivity contribution in [2.75, 3.05) is 27.3 Å². The minimum Gasteiger partial charge on any atom is -0.383 e. The van der Waals surface area contributed by atoms with Crippen LogP contribution in [0.5, 0.6) is 0 Å². The summed E-state index contributed by atoms with van der Waals surface area (Å²) in [5.74, 6) is -0.179. The Morgan fingerprint density at radius 2 is 2.05 bits per heavy atom. The molecule has 0 saturated heterocycles. The second-order valence-electron chi connectivity index (χ2n) is 5.02. The van der Waals surface area contributed by atoms with Crippen LogP contribution in [0.15, 0.2) is 24.3 Å². The van der Waals surface area contributed by atoms with Crippen LogP contribution in [0, 0.1) is 5.82 Å². The van der Waals surface area contributed by atoms with Gasteiger partial charge in [-0.05, 0) is 26.5 Å². The van der Waals surface area contributed by atoms with Crippen molar-refractivity contribution in [3.05, 3.63) is 35.6 Å². The van der Waals surface area contributed by atoms with Crippen LogP contribution in [-0.4, -0.2) is 37.7 Å². The van der Waals surface area contributed by atoms with Crippen LogP contribution in [0.1, 0.15) is 31.9 Å². The lowest BCUT2D eigenvalue weighted by atomic mass is 9.92. The maximum absolute atomic E-state index is 13.9. The van der Waals surface area contributed by atoms with Crippen molar-refractivity contribution in [1.29, 1.82) is 0 Å². The molecule has 1 rings (SSSR count). The van der Waals surface area contributed by atoms with Gasteiger partial charge >= 0.3 is 0 Å². The van der Waals surface area contributed by atoms with Gasteiger partial charge in [0.15, 0.2) is 0 Å². The van der Waals surface area contributed by atoms with E-state index < -0.39 is 0 Å². The molecule has 0 aliphatic heterocycles. The van der Waals surface area contributed by atoms with Gasteiger partial charge in [0, 0.05) is 25.3 Å². The highest BCUT2D eigenvalue weighted by molar-refractivity contribution is 5.21. The summed E-state index contributed by atoms with van der Waals surface area (Å²) >= 11 is 0. The lowest BCUT2D eigenvalue weighted by molar-refractivity contribution is 0.00547. The molecule has 19 heavy (non-hydrogen) atoms. The molecule has 1 aromatic carbocycles. The maximum atomic E-state index is 13.9. The van der Waals surface area contributed by atoms with Crippen molar-refractivity contribution in [3.63, 3.8) is 0 Å². The van der Waals surface area contributed by atoms with E-state index in [1.54, 1.807) is 13.2 Å². The first-order valence-corrected chi connectivity index (χ1v) is 6.68. The molecule has 0 aliphatic rings. The van der Waals surface area contributed by atoms with Crippen LogP contribution in [0.2, 0.25) is 0 Å². The van der Waals surface area contributed by atoms with Gasteiger partial charge in [0.25, 0.3) is 0 Å². The van der Waals surface area contributed by atoms with Crippen LogP contribution in [0.4, 0.5) is 4.39 Å². The molecule has 0 radical (unpaired) electrons. The minimum absolute atomic E-state index is 0.0557. The Labute approximate surface area is 115 Å². The number of rotatable bonds is 7. The molecule has 2 atom stereocenters.